The highest BCUT2D eigenvalue weighted by molar-refractivity contribution is 6.31. The fourth-order valence-electron chi connectivity index (χ4n) is 2.48. The Hall–Kier alpha value is -2.00. The van der Waals surface area contributed by atoms with Crippen LogP contribution in [0.2, 0.25) is 5.02 Å². The minimum Gasteiger partial charge on any atom is -0.496 e. The van der Waals surface area contributed by atoms with E-state index >= 15 is 0 Å². The number of carbonyl (C=O) groups is 1. The summed E-state index contributed by atoms with van der Waals surface area (Å²) in [6, 6.07) is 11.3. The van der Waals surface area contributed by atoms with E-state index in [1.165, 1.54) is 0 Å². The van der Waals surface area contributed by atoms with Crippen LogP contribution in [-0.4, -0.2) is 13.0 Å². The molecule has 4 heteroatoms. The molecule has 2 rings (SSSR count). The summed E-state index contributed by atoms with van der Waals surface area (Å²) in [7, 11) is 1.65. The van der Waals surface area contributed by atoms with Crippen LogP contribution >= 0.6 is 11.6 Å². The summed E-state index contributed by atoms with van der Waals surface area (Å²) < 4.78 is 5.42. The van der Waals surface area contributed by atoms with Crippen molar-refractivity contribution in [1.29, 1.82) is 0 Å². The second-order valence-corrected chi connectivity index (χ2v) is 6.25. The Morgan fingerprint density at radius 3 is 2.57 bits per heavy atom. The van der Waals surface area contributed by atoms with E-state index in [1.54, 1.807) is 7.11 Å². The fourth-order valence-corrected chi connectivity index (χ4v) is 2.69. The van der Waals surface area contributed by atoms with Crippen LogP contribution in [-0.2, 0) is 6.54 Å². The first-order chi connectivity index (χ1) is 10.9. The van der Waals surface area contributed by atoms with Gasteiger partial charge in [-0.05, 0) is 47.7 Å². The molecule has 0 fully saturated rings. The predicted molar refractivity (Wildman–Crippen MR) is 94.4 cm³/mol. The third kappa shape index (κ3) is 4.05. The molecule has 0 aliphatic rings. The number of nitrogens with one attached hydrogen (secondary N) is 1. The molecule has 0 aliphatic heterocycles. The second-order valence-electron chi connectivity index (χ2n) is 5.84. The molecule has 0 saturated carbocycles. The minimum absolute atomic E-state index is 0.105. The average Bonchev–Trinajstić information content (AvgIpc) is 2.53. The van der Waals surface area contributed by atoms with Crippen molar-refractivity contribution >= 4 is 17.5 Å². The standard InChI is InChI=1S/C19H22ClNO2/c1-12(2)15-10-16(13(3)9-18(15)23-4)19(22)21-11-14-7-5-6-8-17(14)20/h5-10,12H,11H2,1-4H3,(H,21,22). The van der Waals surface area contributed by atoms with Crippen molar-refractivity contribution in [2.24, 2.45) is 0 Å². The van der Waals surface area contributed by atoms with Crippen LogP contribution in [0.3, 0.4) is 0 Å². The minimum atomic E-state index is -0.105. The zero-order valence-electron chi connectivity index (χ0n) is 13.9. The maximum Gasteiger partial charge on any atom is 0.251 e. The van der Waals surface area contributed by atoms with E-state index in [9.17, 15) is 4.79 Å². The van der Waals surface area contributed by atoms with Crippen LogP contribution in [0.1, 0.15) is 46.8 Å². The predicted octanol–water partition coefficient (Wildman–Crippen LogP) is 4.71. The SMILES string of the molecule is COc1cc(C)c(C(=O)NCc2ccccc2Cl)cc1C(C)C. The van der Waals surface area contributed by atoms with Crippen LogP contribution in [0.25, 0.3) is 0 Å². The molecule has 0 heterocycles. The molecule has 2 aromatic carbocycles. The summed E-state index contributed by atoms with van der Waals surface area (Å²) in [6.45, 7) is 6.48. The molecule has 122 valence electrons. The molecule has 0 bridgehead atoms. The molecule has 2 aromatic rings. The van der Waals surface area contributed by atoms with E-state index in [0.717, 1.165) is 22.4 Å². The van der Waals surface area contributed by atoms with Gasteiger partial charge in [-0.25, -0.2) is 0 Å². The molecular weight excluding hydrogens is 310 g/mol. The molecule has 1 N–H and O–H groups in total. The molecule has 0 radical (unpaired) electrons. The molecule has 3 nitrogen and oxygen atoms in total. The number of methoxy groups -OCH3 is 1. The van der Waals surface area contributed by atoms with Gasteiger partial charge in [0.1, 0.15) is 5.75 Å². The summed E-state index contributed by atoms with van der Waals surface area (Å²) in [4.78, 5) is 12.5. The first-order valence-electron chi connectivity index (χ1n) is 7.64. The Balaban J connectivity index is 2.22. The van der Waals surface area contributed by atoms with E-state index in [2.05, 4.69) is 19.2 Å². The molecule has 0 aromatic heterocycles. The van der Waals surface area contributed by atoms with E-state index in [4.69, 9.17) is 16.3 Å². The van der Waals surface area contributed by atoms with Gasteiger partial charge in [0.05, 0.1) is 7.11 Å². The van der Waals surface area contributed by atoms with E-state index in [1.807, 2.05) is 43.3 Å². The van der Waals surface area contributed by atoms with Gasteiger partial charge in [-0.15, -0.1) is 0 Å². The summed E-state index contributed by atoms with van der Waals surface area (Å²) in [5.74, 6) is 0.993. The highest BCUT2D eigenvalue weighted by atomic mass is 35.5. The number of carbonyl (C=O) groups excluding carboxylic acids is 1. The van der Waals surface area contributed by atoms with E-state index < -0.39 is 0 Å². The average molecular weight is 332 g/mol. The number of rotatable bonds is 5. The smallest absolute Gasteiger partial charge is 0.251 e. The molecular formula is C19H22ClNO2. The lowest BCUT2D eigenvalue weighted by Gasteiger charge is -2.16. The van der Waals surface area contributed by atoms with Crippen LogP contribution in [0.5, 0.6) is 5.75 Å². The van der Waals surface area contributed by atoms with E-state index in [-0.39, 0.29) is 11.8 Å². The summed E-state index contributed by atoms with van der Waals surface area (Å²) in [5, 5.41) is 3.59. The van der Waals surface area contributed by atoms with E-state index in [0.29, 0.717) is 17.1 Å². The van der Waals surface area contributed by atoms with Gasteiger partial charge >= 0.3 is 0 Å². The molecule has 0 atom stereocenters. The summed E-state index contributed by atoms with van der Waals surface area (Å²) in [6.07, 6.45) is 0. The quantitative estimate of drug-likeness (QED) is 0.861. The summed E-state index contributed by atoms with van der Waals surface area (Å²) >= 11 is 6.12. The largest absolute Gasteiger partial charge is 0.496 e. The lowest BCUT2D eigenvalue weighted by molar-refractivity contribution is 0.0950. The number of hydrogen-bond donors (Lipinski definition) is 1. The van der Waals surface area contributed by atoms with Crippen molar-refractivity contribution in [2.45, 2.75) is 33.2 Å². The monoisotopic (exact) mass is 331 g/mol. The highest BCUT2D eigenvalue weighted by Gasteiger charge is 2.16. The van der Waals surface area contributed by atoms with Crippen LogP contribution < -0.4 is 10.1 Å². The number of benzene rings is 2. The molecule has 0 unspecified atom stereocenters. The van der Waals surface area contributed by atoms with Crippen LogP contribution in [0, 0.1) is 6.92 Å². The highest BCUT2D eigenvalue weighted by Crippen LogP contribution is 2.29. The molecule has 0 spiro atoms. The number of ether oxygens (including phenoxy) is 1. The van der Waals surface area contributed by atoms with Crippen LogP contribution in [0.15, 0.2) is 36.4 Å². The van der Waals surface area contributed by atoms with Gasteiger partial charge in [-0.2, -0.15) is 0 Å². The number of halogens is 1. The van der Waals surface area contributed by atoms with Crippen molar-refractivity contribution in [3.8, 4) is 5.75 Å². The first kappa shape index (κ1) is 17.4. The van der Waals surface area contributed by atoms with Crippen LogP contribution in [0.4, 0.5) is 0 Å². The Morgan fingerprint density at radius 2 is 1.96 bits per heavy atom. The maximum atomic E-state index is 12.5. The lowest BCUT2D eigenvalue weighted by Crippen LogP contribution is -2.24. The number of amides is 1. The van der Waals surface area contributed by atoms with Crippen molar-refractivity contribution in [3.05, 3.63) is 63.7 Å². The fraction of sp³-hybridized carbons (Fsp3) is 0.316. The van der Waals surface area contributed by atoms with Crippen molar-refractivity contribution in [3.63, 3.8) is 0 Å². The third-order valence-electron chi connectivity index (χ3n) is 3.84. The van der Waals surface area contributed by atoms with Gasteiger partial charge in [0.25, 0.3) is 5.91 Å². The zero-order valence-corrected chi connectivity index (χ0v) is 14.7. The maximum absolute atomic E-state index is 12.5. The topological polar surface area (TPSA) is 38.3 Å². The third-order valence-corrected chi connectivity index (χ3v) is 4.21. The van der Waals surface area contributed by atoms with Gasteiger partial charge in [-0.1, -0.05) is 43.6 Å². The Kier molecular flexibility index (Phi) is 5.67. The molecule has 1 amide bonds. The van der Waals surface area contributed by atoms with Gasteiger partial charge in [0.2, 0.25) is 0 Å². The van der Waals surface area contributed by atoms with Crippen molar-refractivity contribution in [2.75, 3.05) is 7.11 Å². The molecule has 23 heavy (non-hydrogen) atoms. The van der Waals surface area contributed by atoms with Gasteiger partial charge < -0.3 is 10.1 Å². The lowest BCUT2D eigenvalue weighted by atomic mass is 9.96. The normalized spacial score (nSPS) is 10.7. The summed E-state index contributed by atoms with van der Waals surface area (Å²) in [5.41, 5.74) is 3.49. The Morgan fingerprint density at radius 1 is 1.26 bits per heavy atom. The number of hydrogen-bond acceptors (Lipinski definition) is 2. The molecule has 0 aliphatic carbocycles. The zero-order chi connectivity index (χ0) is 17.0. The first-order valence-corrected chi connectivity index (χ1v) is 8.02. The van der Waals surface area contributed by atoms with Gasteiger partial charge in [0.15, 0.2) is 0 Å². The number of aryl methyl sites for hydroxylation is 1. The van der Waals surface area contributed by atoms with Gasteiger partial charge in [0, 0.05) is 17.1 Å². The Labute approximate surface area is 142 Å². The van der Waals surface area contributed by atoms with Crippen molar-refractivity contribution in [1.82, 2.24) is 5.32 Å². The van der Waals surface area contributed by atoms with Gasteiger partial charge in [-0.3, -0.25) is 4.79 Å². The second kappa shape index (κ2) is 7.51. The van der Waals surface area contributed by atoms with Crippen molar-refractivity contribution < 1.29 is 9.53 Å². The molecule has 0 saturated heterocycles. The Bertz CT molecular complexity index is 711.